The molecule has 0 bridgehead atoms. The number of quaternary nitrogens is 1. The molecule has 0 amide bonds. The molecule has 16 heavy (non-hydrogen) atoms. The molecule has 0 aliphatic carbocycles. The molecule has 6 heteroatoms. The third kappa shape index (κ3) is 23.0. The van der Waals surface area contributed by atoms with Crippen LogP contribution in [0.3, 0.4) is 0 Å². The first-order valence-corrected chi connectivity index (χ1v) is 5.04. The summed E-state index contributed by atoms with van der Waals surface area (Å²) >= 11 is 0. The monoisotopic (exact) mass is 236 g/mol. The average Bonchev–Trinajstić information content (AvgIpc) is 2.00. The molecule has 0 atom stereocenters. The van der Waals surface area contributed by atoms with Crippen molar-refractivity contribution in [3.63, 3.8) is 0 Å². The van der Waals surface area contributed by atoms with Crippen molar-refractivity contribution in [3.8, 4) is 0 Å². The Kier molecular flexibility index (Phi) is 9.83. The van der Waals surface area contributed by atoms with Gasteiger partial charge in [0.1, 0.15) is 6.54 Å². The van der Waals surface area contributed by atoms with E-state index in [0.29, 0.717) is 0 Å². The Labute approximate surface area is 95.7 Å². The number of carbonyl (C=O) groups is 2. The van der Waals surface area contributed by atoms with Gasteiger partial charge in [-0.1, -0.05) is 0 Å². The van der Waals surface area contributed by atoms with Gasteiger partial charge in [-0.15, -0.1) is 0 Å². The van der Waals surface area contributed by atoms with Crippen molar-refractivity contribution < 1.29 is 29.4 Å². The first-order chi connectivity index (χ1) is 7.19. The number of aliphatic carboxylic acids is 2. The lowest BCUT2D eigenvalue weighted by atomic mass is 10.2. The van der Waals surface area contributed by atoms with Crippen LogP contribution in [-0.2, 0) is 9.59 Å². The molecule has 0 spiro atoms. The standard InChI is InChI=1S/C5H14NO.C5H8O4/c1-6(2,3)4-5-7;6-4(7)2-1-3-5(8)9/h7H,4-5H2,1-3H3;1-3H2,(H,6,7)(H,8,9)/q+1;. The Morgan fingerprint density at radius 1 is 1.00 bits per heavy atom. The summed E-state index contributed by atoms with van der Waals surface area (Å²) in [6.07, 6.45) is 0.0866. The lowest BCUT2D eigenvalue weighted by molar-refractivity contribution is -0.870. The van der Waals surface area contributed by atoms with Crippen LogP contribution in [0.2, 0.25) is 0 Å². The predicted octanol–water partition coefficient (Wildman–Crippen LogP) is 0.0108. The van der Waals surface area contributed by atoms with Gasteiger partial charge in [-0.25, -0.2) is 0 Å². The van der Waals surface area contributed by atoms with E-state index in [1.165, 1.54) is 0 Å². The van der Waals surface area contributed by atoms with Crippen LogP contribution in [0.1, 0.15) is 19.3 Å². The van der Waals surface area contributed by atoms with E-state index in [1.807, 2.05) is 0 Å². The van der Waals surface area contributed by atoms with Crippen LogP contribution >= 0.6 is 0 Å². The number of nitrogens with zero attached hydrogens (tertiary/aromatic N) is 1. The maximum atomic E-state index is 9.79. The molecule has 0 rings (SSSR count). The third-order valence-electron chi connectivity index (χ3n) is 1.55. The minimum absolute atomic E-state index is 0.0632. The first-order valence-electron chi connectivity index (χ1n) is 5.04. The maximum absolute atomic E-state index is 9.79. The molecule has 0 aromatic heterocycles. The summed E-state index contributed by atoms with van der Waals surface area (Å²) in [6.45, 7) is 1.11. The van der Waals surface area contributed by atoms with Crippen molar-refractivity contribution in [2.24, 2.45) is 0 Å². The van der Waals surface area contributed by atoms with Crippen LogP contribution in [0.4, 0.5) is 0 Å². The van der Waals surface area contributed by atoms with Gasteiger partial charge in [0.05, 0.1) is 27.7 Å². The molecular formula is C10H22NO5+. The van der Waals surface area contributed by atoms with Crippen molar-refractivity contribution in [2.45, 2.75) is 19.3 Å². The van der Waals surface area contributed by atoms with E-state index < -0.39 is 11.9 Å². The highest BCUT2D eigenvalue weighted by Crippen LogP contribution is 1.93. The second-order valence-corrected chi connectivity index (χ2v) is 4.38. The largest absolute Gasteiger partial charge is 0.481 e. The molecule has 0 unspecified atom stereocenters. The average molecular weight is 236 g/mol. The zero-order valence-electron chi connectivity index (χ0n) is 10.1. The van der Waals surface area contributed by atoms with Crippen LogP contribution in [0, 0.1) is 0 Å². The summed E-state index contributed by atoms with van der Waals surface area (Å²) in [6, 6.07) is 0. The Morgan fingerprint density at radius 3 is 1.50 bits per heavy atom. The van der Waals surface area contributed by atoms with Crippen LogP contribution in [-0.4, -0.2) is 66.0 Å². The number of hydrogen-bond donors (Lipinski definition) is 3. The molecule has 3 N–H and O–H groups in total. The molecule has 0 radical (unpaired) electrons. The summed E-state index contributed by atoms with van der Waals surface area (Å²) in [4.78, 5) is 19.6. The normalized spacial score (nSPS) is 10.2. The molecular weight excluding hydrogens is 214 g/mol. The van der Waals surface area contributed by atoms with E-state index in [1.54, 1.807) is 0 Å². The van der Waals surface area contributed by atoms with Crippen LogP contribution in [0.15, 0.2) is 0 Å². The maximum Gasteiger partial charge on any atom is 0.303 e. The summed E-state index contributed by atoms with van der Waals surface area (Å²) in [7, 11) is 6.16. The molecule has 0 aromatic rings. The molecule has 0 aromatic carbocycles. The predicted molar refractivity (Wildman–Crippen MR) is 59.1 cm³/mol. The molecule has 0 aliphatic heterocycles. The van der Waals surface area contributed by atoms with Gasteiger partial charge < -0.3 is 19.8 Å². The van der Waals surface area contributed by atoms with Gasteiger partial charge in [0.25, 0.3) is 0 Å². The van der Waals surface area contributed by atoms with Crippen LogP contribution in [0.5, 0.6) is 0 Å². The number of carboxylic acids is 2. The van der Waals surface area contributed by atoms with Gasteiger partial charge in [-0.3, -0.25) is 9.59 Å². The van der Waals surface area contributed by atoms with Crippen LogP contribution < -0.4 is 0 Å². The minimum atomic E-state index is -0.948. The van der Waals surface area contributed by atoms with Gasteiger partial charge in [0, 0.05) is 12.8 Å². The summed E-state index contributed by atoms with van der Waals surface area (Å²) in [5.74, 6) is -1.90. The van der Waals surface area contributed by atoms with Crippen molar-refractivity contribution in [1.82, 2.24) is 0 Å². The Balaban J connectivity index is 0. The van der Waals surface area contributed by atoms with Gasteiger partial charge >= 0.3 is 11.9 Å². The summed E-state index contributed by atoms with van der Waals surface area (Å²) in [5, 5.41) is 24.5. The van der Waals surface area contributed by atoms with Crippen molar-refractivity contribution in [3.05, 3.63) is 0 Å². The highest BCUT2D eigenvalue weighted by Gasteiger charge is 2.02. The highest BCUT2D eigenvalue weighted by atomic mass is 16.4. The van der Waals surface area contributed by atoms with E-state index >= 15 is 0 Å². The SMILES string of the molecule is C[N+](C)(C)CCO.O=C(O)CCCC(=O)O. The summed E-state index contributed by atoms with van der Waals surface area (Å²) in [5.41, 5.74) is 0. The van der Waals surface area contributed by atoms with Crippen molar-refractivity contribution in [1.29, 1.82) is 0 Å². The molecule has 0 fully saturated rings. The van der Waals surface area contributed by atoms with Gasteiger partial charge in [0.15, 0.2) is 0 Å². The molecule has 0 saturated heterocycles. The first kappa shape index (κ1) is 17.3. The van der Waals surface area contributed by atoms with E-state index in [9.17, 15) is 9.59 Å². The number of carboxylic acid groups (broad SMARTS) is 2. The van der Waals surface area contributed by atoms with E-state index in [2.05, 4.69) is 21.1 Å². The van der Waals surface area contributed by atoms with Crippen LogP contribution in [0.25, 0.3) is 0 Å². The van der Waals surface area contributed by atoms with Gasteiger partial charge in [-0.05, 0) is 6.42 Å². The van der Waals surface area contributed by atoms with Crippen molar-refractivity contribution >= 4 is 11.9 Å². The smallest absolute Gasteiger partial charge is 0.303 e. The molecule has 0 heterocycles. The molecule has 6 nitrogen and oxygen atoms in total. The fraction of sp³-hybridized carbons (Fsp3) is 0.800. The lowest BCUT2D eigenvalue weighted by Gasteiger charge is -2.21. The minimum Gasteiger partial charge on any atom is -0.481 e. The third-order valence-corrected chi connectivity index (χ3v) is 1.55. The fourth-order valence-electron chi connectivity index (χ4n) is 0.691. The number of rotatable bonds is 6. The number of hydrogen-bond acceptors (Lipinski definition) is 3. The lowest BCUT2D eigenvalue weighted by Crippen LogP contribution is -2.36. The van der Waals surface area contributed by atoms with E-state index in [4.69, 9.17) is 15.3 Å². The highest BCUT2D eigenvalue weighted by molar-refractivity contribution is 5.69. The fourth-order valence-corrected chi connectivity index (χ4v) is 0.691. The van der Waals surface area contributed by atoms with Crippen molar-refractivity contribution in [2.75, 3.05) is 34.3 Å². The topological polar surface area (TPSA) is 94.8 Å². The zero-order valence-corrected chi connectivity index (χ0v) is 10.1. The zero-order chi connectivity index (χ0) is 13.2. The Bertz CT molecular complexity index is 196. The molecule has 96 valence electrons. The number of aliphatic hydroxyl groups excluding tert-OH is 1. The quantitative estimate of drug-likeness (QED) is 0.565. The van der Waals surface area contributed by atoms with Gasteiger partial charge in [-0.2, -0.15) is 0 Å². The number of likely N-dealkylation sites (N-methyl/N-ethyl adjacent to an activating group) is 1. The van der Waals surface area contributed by atoms with E-state index in [-0.39, 0.29) is 25.9 Å². The molecule has 0 aliphatic rings. The molecule has 0 saturated carbocycles. The van der Waals surface area contributed by atoms with E-state index in [0.717, 1.165) is 11.0 Å². The Hall–Kier alpha value is -1.14. The number of aliphatic hydroxyl groups is 1. The Morgan fingerprint density at radius 2 is 1.38 bits per heavy atom. The second-order valence-electron chi connectivity index (χ2n) is 4.38. The second kappa shape index (κ2) is 9.11. The van der Waals surface area contributed by atoms with Gasteiger partial charge in [0.2, 0.25) is 0 Å². The summed E-state index contributed by atoms with van der Waals surface area (Å²) < 4.78 is 0.844.